The van der Waals surface area contributed by atoms with E-state index in [1.54, 1.807) is 24.3 Å². The molecule has 17 heavy (non-hydrogen) atoms. The number of rotatable bonds is 6. The molecule has 1 amide bonds. The minimum atomic E-state index is -0.0925. The molecule has 0 unspecified atom stereocenters. The number of nitrogens with zero attached hydrogens (tertiary/aromatic N) is 1. The van der Waals surface area contributed by atoms with Gasteiger partial charge in [0.05, 0.1) is 6.21 Å². The minimum Gasteiger partial charge on any atom is -0.507 e. The van der Waals surface area contributed by atoms with Gasteiger partial charge < -0.3 is 5.11 Å². The van der Waals surface area contributed by atoms with Gasteiger partial charge in [0, 0.05) is 12.0 Å². The van der Waals surface area contributed by atoms with Crippen LogP contribution >= 0.6 is 0 Å². The molecule has 4 heteroatoms. The summed E-state index contributed by atoms with van der Waals surface area (Å²) in [6, 6.07) is 6.83. The Morgan fingerprint density at radius 2 is 2.18 bits per heavy atom. The second-order valence-corrected chi connectivity index (χ2v) is 3.81. The normalized spacial score (nSPS) is 10.6. The average Bonchev–Trinajstić information content (AvgIpc) is 2.32. The molecule has 0 atom stereocenters. The predicted octanol–water partition coefficient (Wildman–Crippen LogP) is 2.42. The molecule has 0 bridgehead atoms. The van der Waals surface area contributed by atoms with Crippen molar-refractivity contribution in [3.05, 3.63) is 29.8 Å². The van der Waals surface area contributed by atoms with Gasteiger partial charge in [0.2, 0.25) is 5.91 Å². The summed E-state index contributed by atoms with van der Waals surface area (Å²) in [5.74, 6) is 0.0570. The molecule has 0 aliphatic carbocycles. The maximum atomic E-state index is 11.3. The zero-order chi connectivity index (χ0) is 12.5. The third-order valence-electron chi connectivity index (χ3n) is 2.34. The molecule has 1 rings (SSSR count). The number of hydrogen-bond donors (Lipinski definition) is 2. The first-order chi connectivity index (χ1) is 8.24. The lowest BCUT2D eigenvalue weighted by molar-refractivity contribution is -0.121. The van der Waals surface area contributed by atoms with Crippen LogP contribution in [0.4, 0.5) is 0 Å². The zero-order valence-corrected chi connectivity index (χ0v) is 10.0. The summed E-state index contributed by atoms with van der Waals surface area (Å²) in [5.41, 5.74) is 3.02. The third kappa shape index (κ3) is 5.15. The van der Waals surface area contributed by atoms with Gasteiger partial charge in [0.15, 0.2) is 0 Å². The van der Waals surface area contributed by atoms with E-state index in [9.17, 15) is 9.90 Å². The van der Waals surface area contributed by atoms with E-state index in [1.165, 1.54) is 6.21 Å². The summed E-state index contributed by atoms with van der Waals surface area (Å²) in [7, 11) is 0. The van der Waals surface area contributed by atoms with Crippen molar-refractivity contribution in [1.29, 1.82) is 0 Å². The molecule has 0 spiro atoms. The van der Waals surface area contributed by atoms with Crippen molar-refractivity contribution in [1.82, 2.24) is 5.43 Å². The number of unbranched alkanes of at least 4 members (excludes halogenated alkanes) is 2. The highest BCUT2D eigenvalue weighted by atomic mass is 16.3. The highest BCUT2D eigenvalue weighted by molar-refractivity contribution is 5.84. The predicted molar refractivity (Wildman–Crippen MR) is 68.0 cm³/mol. The van der Waals surface area contributed by atoms with E-state index in [0.29, 0.717) is 12.0 Å². The van der Waals surface area contributed by atoms with Crippen molar-refractivity contribution in [2.24, 2.45) is 5.10 Å². The molecule has 4 nitrogen and oxygen atoms in total. The molecule has 2 N–H and O–H groups in total. The summed E-state index contributed by atoms with van der Waals surface area (Å²) < 4.78 is 0. The van der Waals surface area contributed by atoms with Crippen LogP contribution in [0.2, 0.25) is 0 Å². The molecular weight excluding hydrogens is 216 g/mol. The molecule has 0 aromatic heterocycles. The average molecular weight is 234 g/mol. The number of phenolic OH excluding ortho intramolecular Hbond substituents is 1. The van der Waals surface area contributed by atoms with Crippen LogP contribution in [0.5, 0.6) is 5.75 Å². The number of carbonyl (C=O) groups excluding carboxylic acids is 1. The van der Waals surface area contributed by atoms with Crippen molar-refractivity contribution in [3.8, 4) is 5.75 Å². The summed E-state index contributed by atoms with van der Waals surface area (Å²) in [6.07, 6.45) is 4.96. The summed E-state index contributed by atoms with van der Waals surface area (Å²) in [5, 5.41) is 13.2. The summed E-state index contributed by atoms with van der Waals surface area (Å²) >= 11 is 0. The van der Waals surface area contributed by atoms with Gasteiger partial charge in [-0.2, -0.15) is 5.10 Å². The van der Waals surface area contributed by atoms with E-state index in [1.807, 2.05) is 0 Å². The number of carbonyl (C=O) groups is 1. The van der Waals surface area contributed by atoms with Gasteiger partial charge >= 0.3 is 0 Å². The van der Waals surface area contributed by atoms with Crippen LogP contribution in [0.3, 0.4) is 0 Å². The lowest BCUT2D eigenvalue weighted by Gasteiger charge is -1.99. The van der Waals surface area contributed by atoms with Crippen LogP contribution in [0.1, 0.15) is 38.2 Å². The Kier molecular flexibility index (Phi) is 5.79. The fraction of sp³-hybridized carbons (Fsp3) is 0.385. The zero-order valence-electron chi connectivity index (χ0n) is 10.0. The third-order valence-corrected chi connectivity index (χ3v) is 2.34. The van der Waals surface area contributed by atoms with Gasteiger partial charge in [-0.3, -0.25) is 4.79 Å². The van der Waals surface area contributed by atoms with Gasteiger partial charge in [-0.05, 0) is 18.6 Å². The van der Waals surface area contributed by atoms with E-state index < -0.39 is 0 Å². The number of nitrogens with one attached hydrogen (secondary N) is 1. The van der Waals surface area contributed by atoms with Gasteiger partial charge in [0.25, 0.3) is 0 Å². The van der Waals surface area contributed by atoms with Crippen molar-refractivity contribution >= 4 is 12.1 Å². The molecule has 0 fully saturated rings. The van der Waals surface area contributed by atoms with E-state index in [0.717, 1.165) is 19.3 Å². The lowest BCUT2D eigenvalue weighted by Crippen LogP contribution is -2.16. The topological polar surface area (TPSA) is 61.7 Å². The monoisotopic (exact) mass is 234 g/mol. The molecule has 0 aliphatic rings. The first-order valence-electron chi connectivity index (χ1n) is 5.84. The number of benzene rings is 1. The summed E-state index contributed by atoms with van der Waals surface area (Å²) in [6.45, 7) is 2.09. The fourth-order valence-electron chi connectivity index (χ4n) is 1.36. The Morgan fingerprint density at radius 1 is 1.41 bits per heavy atom. The van der Waals surface area contributed by atoms with Crippen molar-refractivity contribution in [3.63, 3.8) is 0 Å². The van der Waals surface area contributed by atoms with Gasteiger partial charge in [0.1, 0.15) is 5.75 Å². The quantitative estimate of drug-likeness (QED) is 0.451. The van der Waals surface area contributed by atoms with E-state index in [2.05, 4.69) is 17.5 Å². The molecule has 0 saturated carbocycles. The van der Waals surface area contributed by atoms with Crippen LogP contribution < -0.4 is 5.43 Å². The standard InChI is InChI=1S/C13H18N2O2/c1-2-3-4-9-13(17)15-14-10-11-7-5-6-8-12(11)16/h5-8,10,16H,2-4,9H2,1H3,(H,15,17). The Balaban J connectivity index is 2.35. The number of phenols is 1. The van der Waals surface area contributed by atoms with E-state index in [-0.39, 0.29) is 11.7 Å². The molecule has 1 aromatic carbocycles. The van der Waals surface area contributed by atoms with Gasteiger partial charge in [-0.25, -0.2) is 5.43 Å². The van der Waals surface area contributed by atoms with Crippen LogP contribution in [-0.2, 0) is 4.79 Å². The fourth-order valence-corrected chi connectivity index (χ4v) is 1.36. The number of aromatic hydroxyl groups is 1. The first kappa shape index (κ1) is 13.2. The number of hydrogen-bond acceptors (Lipinski definition) is 3. The van der Waals surface area contributed by atoms with E-state index in [4.69, 9.17) is 0 Å². The van der Waals surface area contributed by atoms with Gasteiger partial charge in [-0.1, -0.05) is 31.9 Å². The number of amides is 1. The minimum absolute atomic E-state index is 0.0925. The molecule has 0 aliphatic heterocycles. The van der Waals surface area contributed by atoms with Crippen LogP contribution in [0.25, 0.3) is 0 Å². The second-order valence-electron chi connectivity index (χ2n) is 3.81. The molecule has 0 radical (unpaired) electrons. The second kappa shape index (κ2) is 7.44. The highest BCUT2D eigenvalue weighted by Gasteiger charge is 1.98. The molecule has 92 valence electrons. The maximum Gasteiger partial charge on any atom is 0.240 e. The van der Waals surface area contributed by atoms with Crippen LogP contribution in [0.15, 0.2) is 29.4 Å². The Morgan fingerprint density at radius 3 is 2.88 bits per heavy atom. The number of para-hydroxylation sites is 1. The Hall–Kier alpha value is -1.84. The first-order valence-corrected chi connectivity index (χ1v) is 5.84. The summed E-state index contributed by atoms with van der Waals surface area (Å²) in [4.78, 5) is 11.3. The van der Waals surface area contributed by atoms with Crippen molar-refractivity contribution < 1.29 is 9.90 Å². The Bertz CT molecular complexity index is 389. The van der Waals surface area contributed by atoms with Crippen LogP contribution in [0, 0.1) is 0 Å². The molecular formula is C13H18N2O2. The Labute approximate surface area is 101 Å². The van der Waals surface area contributed by atoms with E-state index >= 15 is 0 Å². The van der Waals surface area contributed by atoms with Gasteiger partial charge in [-0.15, -0.1) is 0 Å². The van der Waals surface area contributed by atoms with Crippen molar-refractivity contribution in [2.45, 2.75) is 32.6 Å². The van der Waals surface area contributed by atoms with Crippen LogP contribution in [-0.4, -0.2) is 17.2 Å². The molecule has 0 saturated heterocycles. The van der Waals surface area contributed by atoms with Crippen molar-refractivity contribution in [2.75, 3.05) is 0 Å². The maximum absolute atomic E-state index is 11.3. The number of hydrazone groups is 1. The molecule has 0 heterocycles. The highest BCUT2D eigenvalue weighted by Crippen LogP contribution is 2.12. The lowest BCUT2D eigenvalue weighted by atomic mass is 10.2. The largest absolute Gasteiger partial charge is 0.507 e. The molecule has 1 aromatic rings. The smallest absolute Gasteiger partial charge is 0.240 e. The SMILES string of the molecule is CCCCCC(=O)NN=Cc1ccccc1O.